The van der Waals surface area contributed by atoms with Gasteiger partial charge in [0.1, 0.15) is 5.82 Å². The van der Waals surface area contributed by atoms with Crippen LogP contribution in [0.5, 0.6) is 5.88 Å². The van der Waals surface area contributed by atoms with Gasteiger partial charge in [0.15, 0.2) is 0 Å². The van der Waals surface area contributed by atoms with Crippen LogP contribution in [0.3, 0.4) is 0 Å². The van der Waals surface area contributed by atoms with Crippen LogP contribution < -0.4 is 4.74 Å². The van der Waals surface area contributed by atoms with Crippen molar-refractivity contribution in [1.29, 1.82) is 0 Å². The van der Waals surface area contributed by atoms with E-state index in [0.29, 0.717) is 21.8 Å². The summed E-state index contributed by atoms with van der Waals surface area (Å²) in [7, 11) is 1.51. The van der Waals surface area contributed by atoms with Gasteiger partial charge >= 0.3 is 0 Å². The Morgan fingerprint density at radius 2 is 2.14 bits per heavy atom. The third-order valence-corrected chi connectivity index (χ3v) is 2.22. The third kappa shape index (κ3) is 1.51. The zero-order chi connectivity index (χ0) is 10.1. The van der Waals surface area contributed by atoms with Gasteiger partial charge in [-0.2, -0.15) is 0 Å². The molecule has 1 aromatic heterocycles. The zero-order valence-electron chi connectivity index (χ0n) is 7.42. The topological polar surface area (TPSA) is 22.1 Å². The van der Waals surface area contributed by atoms with E-state index in [1.807, 2.05) is 0 Å². The Hall–Kier alpha value is -1.35. The summed E-state index contributed by atoms with van der Waals surface area (Å²) in [6.07, 6.45) is 0. The maximum absolute atomic E-state index is 12.9. The molecule has 0 bridgehead atoms. The number of rotatable bonds is 1. The lowest BCUT2D eigenvalue weighted by atomic mass is 10.2. The standard InChI is InChI=1S/C10H7ClFNO/c1-14-10-5-8(11)7-4-6(12)2-3-9(7)13-10/h2-5H,1H3. The first-order valence-corrected chi connectivity index (χ1v) is 4.38. The maximum Gasteiger partial charge on any atom is 0.215 e. The first kappa shape index (κ1) is 9.21. The number of hydrogen-bond donors (Lipinski definition) is 0. The smallest absolute Gasteiger partial charge is 0.215 e. The highest BCUT2D eigenvalue weighted by Gasteiger charge is 2.04. The van der Waals surface area contributed by atoms with E-state index in [-0.39, 0.29) is 5.82 Å². The average Bonchev–Trinajstić information content (AvgIpc) is 2.19. The largest absolute Gasteiger partial charge is 0.481 e. The van der Waals surface area contributed by atoms with Crippen LogP contribution in [0.15, 0.2) is 24.3 Å². The molecule has 0 aliphatic heterocycles. The number of halogens is 2. The Bertz CT molecular complexity index is 487. The van der Waals surface area contributed by atoms with Crippen LogP contribution in [-0.4, -0.2) is 12.1 Å². The van der Waals surface area contributed by atoms with E-state index >= 15 is 0 Å². The molecular formula is C10H7ClFNO. The van der Waals surface area contributed by atoms with Crippen LogP contribution in [0.25, 0.3) is 10.9 Å². The Morgan fingerprint density at radius 1 is 1.36 bits per heavy atom. The Balaban J connectivity index is 2.76. The Morgan fingerprint density at radius 3 is 2.86 bits per heavy atom. The molecule has 0 aliphatic carbocycles. The van der Waals surface area contributed by atoms with Crippen molar-refractivity contribution in [2.24, 2.45) is 0 Å². The highest BCUT2D eigenvalue weighted by Crippen LogP contribution is 2.26. The molecule has 0 atom stereocenters. The van der Waals surface area contributed by atoms with Gasteiger partial charge in [-0.3, -0.25) is 0 Å². The molecule has 1 heterocycles. The quantitative estimate of drug-likeness (QED) is 0.723. The van der Waals surface area contributed by atoms with Crippen LogP contribution in [0.4, 0.5) is 4.39 Å². The van der Waals surface area contributed by atoms with E-state index in [0.717, 1.165) is 0 Å². The minimum absolute atomic E-state index is 0.327. The normalized spacial score (nSPS) is 10.5. The summed E-state index contributed by atoms with van der Waals surface area (Å²) in [6.45, 7) is 0. The summed E-state index contributed by atoms with van der Waals surface area (Å²) in [5.74, 6) is 0.0977. The van der Waals surface area contributed by atoms with Crippen LogP contribution >= 0.6 is 11.6 Å². The van der Waals surface area contributed by atoms with E-state index in [1.54, 1.807) is 12.1 Å². The molecule has 0 unspecified atom stereocenters. The predicted octanol–water partition coefficient (Wildman–Crippen LogP) is 3.04. The lowest BCUT2D eigenvalue weighted by molar-refractivity contribution is 0.399. The van der Waals surface area contributed by atoms with Crippen LogP contribution in [0, 0.1) is 5.82 Å². The van der Waals surface area contributed by atoms with Gasteiger partial charge in [0.2, 0.25) is 5.88 Å². The minimum atomic E-state index is -0.327. The number of aromatic nitrogens is 1. The highest BCUT2D eigenvalue weighted by molar-refractivity contribution is 6.35. The molecule has 0 saturated heterocycles. The number of fused-ring (bicyclic) bond motifs is 1. The second kappa shape index (κ2) is 3.42. The van der Waals surface area contributed by atoms with Crippen molar-refractivity contribution < 1.29 is 9.13 Å². The molecule has 0 radical (unpaired) electrons. The molecular weight excluding hydrogens is 205 g/mol. The summed E-state index contributed by atoms with van der Waals surface area (Å²) < 4.78 is 17.8. The lowest BCUT2D eigenvalue weighted by Gasteiger charge is -2.03. The summed E-state index contributed by atoms with van der Waals surface area (Å²) >= 11 is 5.93. The molecule has 0 saturated carbocycles. The van der Waals surface area contributed by atoms with E-state index in [4.69, 9.17) is 16.3 Å². The number of methoxy groups -OCH3 is 1. The molecule has 2 aromatic rings. The summed E-state index contributed by atoms with van der Waals surface area (Å²) in [5.41, 5.74) is 0.621. The van der Waals surface area contributed by atoms with Crippen molar-refractivity contribution in [3.63, 3.8) is 0 Å². The Kier molecular flexibility index (Phi) is 2.25. The van der Waals surface area contributed by atoms with Crippen molar-refractivity contribution in [2.45, 2.75) is 0 Å². The van der Waals surface area contributed by atoms with Crippen LogP contribution in [0.1, 0.15) is 0 Å². The van der Waals surface area contributed by atoms with Crippen molar-refractivity contribution in [1.82, 2.24) is 4.98 Å². The van der Waals surface area contributed by atoms with Crippen LogP contribution in [0.2, 0.25) is 5.02 Å². The SMILES string of the molecule is COc1cc(Cl)c2cc(F)ccc2n1. The number of pyridine rings is 1. The molecule has 0 fully saturated rings. The van der Waals surface area contributed by atoms with Gasteiger partial charge in [-0.05, 0) is 18.2 Å². The summed E-state index contributed by atoms with van der Waals surface area (Å²) in [4.78, 5) is 4.12. The van der Waals surface area contributed by atoms with E-state index in [2.05, 4.69) is 4.98 Å². The third-order valence-electron chi connectivity index (χ3n) is 1.91. The molecule has 72 valence electrons. The first-order chi connectivity index (χ1) is 6.70. The van der Waals surface area contributed by atoms with E-state index in [9.17, 15) is 4.39 Å². The van der Waals surface area contributed by atoms with Gasteiger partial charge in [0, 0.05) is 11.5 Å². The molecule has 14 heavy (non-hydrogen) atoms. The molecule has 0 spiro atoms. The van der Waals surface area contributed by atoms with Crippen molar-refractivity contribution >= 4 is 22.5 Å². The second-order valence-electron chi connectivity index (χ2n) is 2.81. The van der Waals surface area contributed by atoms with Gasteiger partial charge in [0.05, 0.1) is 17.6 Å². The van der Waals surface area contributed by atoms with Crippen LogP contribution in [-0.2, 0) is 0 Å². The number of benzene rings is 1. The van der Waals surface area contributed by atoms with Crippen molar-refractivity contribution in [2.75, 3.05) is 7.11 Å². The van der Waals surface area contributed by atoms with Crippen molar-refractivity contribution in [3.8, 4) is 5.88 Å². The summed E-state index contributed by atoms with van der Waals surface area (Å²) in [6, 6.07) is 5.82. The zero-order valence-corrected chi connectivity index (χ0v) is 8.18. The fourth-order valence-corrected chi connectivity index (χ4v) is 1.48. The van der Waals surface area contributed by atoms with Crippen molar-refractivity contribution in [3.05, 3.63) is 35.1 Å². The fraction of sp³-hybridized carbons (Fsp3) is 0.100. The number of nitrogens with zero attached hydrogens (tertiary/aromatic N) is 1. The molecule has 4 heteroatoms. The molecule has 0 aliphatic rings. The summed E-state index contributed by atoms with van der Waals surface area (Å²) in [5, 5.41) is 1.03. The number of hydrogen-bond acceptors (Lipinski definition) is 2. The molecule has 0 amide bonds. The molecule has 2 rings (SSSR count). The predicted molar refractivity (Wildman–Crippen MR) is 53.3 cm³/mol. The average molecular weight is 212 g/mol. The minimum Gasteiger partial charge on any atom is -0.481 e. The van der Waals surface area contributed by atoms with E-state index in [1.165, 1.54) is 19.2 Å². The highest BCUT2D eigenvalue weighted by atomic mass is 35.5. The van der Waals surface area contributed by atoms with Gasteiger partial charge in [0.25, 0.3) is 0 Å². The van der Waals surface area contributed by atoms with E-state index < -0.39 is 0 Å². The first-order valence-electron chi connectivity index (χ1n) is 4.00. The maximum atomic E-state index is 12.9. The lowest BCUT2D eigenvalue weighted by Crippen LogP contribution is -1.89. The fourth-order valence-electron chi connectivity index (χ4n) is 1.24. The second-order valence-corrected chi connectivity index (χ2v) is 3.22. The van der Waals surface area contributed by atoms with Gasteiger partial charge < -0.3 is 4.74 Å². The molecule has 1 aromatic carbocycles. The Labute approximate surface area is 85.3 Å². The number of ether oxygens (including phenoxy) is 1. The van der Waals surface area contributed by atoms with Gasteiger partial charge in [-0.1, -0.05) is 11.6 Å². The van der Waals surface area contributed by atoms with Gasteiger partial charge in [-0.15, -0.1) is 0 Å². The van der Waals surface area contributed by atoms with Gasteiger partial charge in [-0.25, -0.2) is 9.37 Å². The molecule has 2 nitrogen and oxygen atoms in total. The molecule has 0 N–H and O–H groups in total. The monoisotopic (exact) mass is 211 g/mol.